The van der Waals surface area contributed by atoms with Crippen LogP contribution in [0.25, 0.3) is 0 Å². The number of carbonyl (C=O) groups is 1. The summed E-state index contributed by atoms with van der Waals surface area (Å²) in [5.41, 5.74) is 2.65. The number of hydrogen-bond acceptors (Lipinski definition) is 4. The number of aryl methyl sites for hydroxylation is 2. The van der Waals surface area contributed by atoms with Crippen molar-refractivity contribution < 1.29 is 4.79 Å². The Bertz CT molecular complexity index is 697. The summed E-state index contributed by atoms with van der Waals surface area (Å²) in [6, 6.07) is 12.5. The molecule has 1 unspecified atom stereocenters. The van der Waals surface area contributed by atoms with Crippen molar-refractivity contribution in [2.24, 2.45) is 0 Å². The standard InChI is InChI=1S/C20H26N4O/c1-15-13-19(22-16(2)21-15)20(25)23-18-9-6-11-24(14-18)12-10-17-7-4-3-5-8-17/h3-5,7-8,13,18H,6,9-12,14H2,1-2H3,(H,23,25). The lowest BCUT2D eigenvalue weighted by molar-refractivity contribution is 0.0898. The number of piperidine rings is 1. The molecule has 0 aliphatic carbocycles. The number of aromatic nitrogens is 2. The summed E-state index contributed by atoms with van der Waals surface area (Å²) < 4.78 is 0. The molecule has 25 heavy (non-hydrogen) atoms. The van der Waals surface area contributed by atoms with Crippen LogP contribution in [0.3, 0.4) is 0 Å². The summed E-state index contributed by atoms with van der Waals surface area (Å²) in [4.78, 5) is 23.4. The van der Waals surface area contributed by atoms with E-state index in [1.807, 2.05) is 19.9 Å². The van der Waals surface area contributed by atoms with Crippen LogP contribution in [-0.4, -0.2) is 46.5 Å². The second kappa shape index (κ2) is 8.21. The predicted octanol–water partition coefficient (Wildman–Crippen LogP) is 2.53. The first-order chi connectivity index (χ1) is 12.1. The van der Waals surface area contributed by atoms with E-state index >= 15 is 0 Å². The fraction of sp³-hybridized carbons (Fsp3) is 0.450. The zero-order valence-corrected chi connectivity index (χ0v) is 15.0. The van der Waals surface area contributed by atoms with Gasteiger partial charge in [0.05, 0.1) is 0 Å². The second-order valence-corrected chi connectivity index (χ2v) is 6.79. The molecule has 2 heterocycles. The van der Waals surface area contributed by atoms with Gasteiger partial charge >= 0.3 is 0 Å². The van der Waals surface area contributed by atoms with Gasteiger partial charge in [0.15, 0.2) is 0 Å². The number of hydrogen-bond donors (Lipinski definition) is 1. The Hall–Kier alpha value is -2.27. The lowest BCUT2D eigenvalue weighted by Gasteiger charge is -2.33. The number of likely N-dealkylation sites (tertiary alicyclic amines) is 1. The van der Waals surface area contributed by atoms with Gasteiger partial charge in [-0.1, -0.05) is 30.3 Å². The molecular weight excluding hydrogens is 312 g/mol. The van der Waals surface area contributed by atoms with E-state index < -0.39 is 0 Å². The largest absolute Gasteiger partial charge is 0.347 e. The molecule has 0 saturated carbocycles. The molecular formula is C20H26N4O. The van der Waals surface area contributed by atoms with Crippen LogP contribution in [0, 0.1) is 13.8 Å². The predicted molar refractivity (Wildman–Crippen MR) is 98.6 cm³/mol. The van der Waals surface area contributed by atoms with Gasteiger partial charge in [-0.25, -0.2) is 9.97 Å². The van der Waals surface area contributed by atoms with E-state index in [4.69, 9.17) is 0 Å². The first-order valence-corrected chi connectivity index (χ1v) is 8.99. The first-order valence-electron chi connectivity index (χ1n) is 8.99. The Morgan fingerprint density at radius 1 is 1.24 bits per heavy atom. The molecule has 0 radical (unpaired) electrons. The fourth-order valence-corrected chi connectivity index (χ4v) is 3.40. The van der Waals surface area contributed by atoms with Crippen LogP contribution in [0.2, 0.25) is 0 Å². The molecule has 5 heteroatoms. The highest BCUT2D eigenvalue weighted by Crippen LogP contribution is 2.12. The number of benzene rings is 1. The van der Waals surface area contributed by atoms with E-state index in [1.165, 1.54) is 5.56 Å². The fourth-order valence-electron chi connectivity index (χ4n) is 3.40. The zero-order chi connectivity index (χ0) is 17.6. The normalized spacial score (nSPS) is 18.1. The summed E-state index contributed by atoms with van der Waals surface area (Å²) >= 11 is 0. The third kappa shape index (κ3) is 5.10. The number of nitrogens with one attached hydrogen (secondary N) is 1. The van der Waals surface area contributed by atoms with Crippen LogP contribution in [0.15, 0.2) is 36.4 Å². The number of rotatable bonds is 5. The average molecular weight is 338 g/mol. The lowest BCUT2D eigenvalue weighted by Crippen LogP contribution is -2.48. The molecule has 3 rings (SSSR count). The maximum absolute atomic E-state index is 12.5. The Kier molecular flexibility index (Phi) is 5.76. The van der Waals surface area contributed by atoms with Crippen molar-refractivity contribution in [3.05, 3.63) is 59.2 Å². The van der Waals surface area contributed by atoms with Crippen LogP contribution in [0.1, 0.15) is 40.4 Å². The number of amides is 1. The van der Waals surface area contributed by atoms with Crippen LogP contribution < -0.4 is 5.32 Å². The van der Waals surface area contributed by atoms with E-state index in [0.717, 1.165) is 44.6 Å². The highest BCUT2D eigenvalue weighted by molar-refractivity contribution is 5.92. The lowest BCUT2D eigenvalue weighted by atomic mass is 10.0. The van der Waals surface area contributed by atoms with Crippen molar-refractivity contribution in [3.8, 4) is 0 Å². The minimum atomic E-state index is -0.0940. The number of carbonyl (C=O) groups excluding carboxylic acids is 1. The highest BCUT2D eigenvalue weighted by Gasteiger charge is 2.22. The molecule has 1 saturated heterocycles. The molecule has 1 N–H and O–H groups in total. The van der Waals surface area contributed by atoms with Crippen molar-refractivity contribution >= 4 is 5.91 Å². The molecule has 5 nitrogen and oxygen atoms in total. The Balaban J connectivity index is 1.53. The maximum atomic E-state index is 12.5. The van der Waals surface area contributed by atoms with E-state index in [-0.39, 0.29) is 11.9 Å². The summed E-state index contributed by atoms with van der Waals surface area (Å²) in [6.45, 7) is 6.74. The van der Waals surface area contributed by atoms with E-state index in [1.54, 1.807) is 6.07 Å². The highest BCUT2D eigenvalue weighted by atomic mass is 16.1. The Morgan fingerprint density at radius 3 is 2.80 bits per heavy atom. The van der Waals surface area contributed by atoms with Crippen LogP contribution >= 0.6 is 0 Å². The minimum Gasteiger partial charge on any atom is -0.347 e. The summed E-state index contributed by atoms with van der Waals surface area (Å²) in [5, 5.41) is 3.15. The van der Waals surface area contributed by atoms with Gasteiger partial charge in [-0.15, -0.1) is 0 Å². The summed E-state index contributed by atoms with van der Waals surface area (Å²) in [7, 11) is 0. The van der Waals surface area contributed by atoms with Gasteiger partial charge in [0.1, 0.15) is 11.5 Å². The molecule has 1 atom stereocenters. The van der Waals surface area contributed by atoms with E-state index in [9.17, 15) is 4.79 Å². The molecule has 1 aliphatic heterocycles. The van der Waals surface area contributed by atoms with Crippen molar-refractivity contribution in [1.29, 1.82) is 0 Å². The zero-order valence-electron chi connectivity index (χ0n) is 15.0. The topological polar surface area (TPSA) is 58.1 Å². The molecule has 2 aromatic rings. The maximum Gasteiger partial charge on any atom is 0.270 e. The molecule has 1 aromatic carbocycles. The summed E-state index contributed by atoms with van der Waals surface area (Å²) in [6.07, 6.45) is 3.18. The first kappa shape index (κ1) is 17.5. The van der Waals surface area contributed by atoms with Gasteiger partial charge in [0, 0.05) is 24.8 Å². The van der Waals surface area contributed by atoms with Crippen molar-refractivity contribution in [2.45, 2.75) is 39.2 Å². The monoisotopic (exact) mass is 338 g/mol. The van der Waals surface area contributed by atoms with Crippen LogP contribution in [-0.2, 0) is 6.42 Å². The van der Waals surface area contributed by atoms with Gasteiger partial charge in [-0.3, -0.25) is 4.79 Å². The molecule has 132 valence electrons. The molecule has 1 fully saturated rings. The SMILES string of the molecule is Cc1cc(C(=O)NC2CCCN(CCc3ccccc3)C2)nc(C)n1. The Morgan fingerprint density at radius 2 is 2.04 bits per heavy atom. The minimum absolute atomic E-state index is 0.0940. The second-order valence-electron chi connectivity index (χ2n) is 6.79. The Labute approximate surface area is 149 Å². The van der Waals surface area contributed by atoms with E-state index in [2.05, 4.69) is 44.5 Å². The molecule has 0 spiro atoms. The van der Waals surface area contributed by atoms with Crippen molar-refractivity contribution in [2.75, 3.05) is 19.6 Å². The third-order valence-corrected chi connectivity index (χ3v) is 4.60. The molecule has 1 amide bonds. The van der Waals surface area contributed by atoms with Gasteiger partial charge in [0.2, 0.25) is 0 Å². The van der Waals surface area contributed by atoms with Gasteiger partial charge in [-0.2, -0.15) is 0 Å². The van der Waals surface area contributed by atoms with Crippen molar-refractivity contribution in [1.82, 2.24) is 20.2 Å². The van der Waals surface area contributed by atoms with Gasteiger partial charge in [0.25, 0.3) is 5.91 Å². The molecule has 1 aliphatic rings. The van der Waals surface area contributed by atoms with E-state index in [0.29, 0.717) is 11.5 Å². The summed E-state index contributed by atoms with van der Waals surface area (Å²) in [5.74, 6) is 0.543. The van der Waals surface area contributed by atoms with Gasteiger partial charge < -0.3 is 10.2 Å². The quantitative estimate of drug-likeness (QED) is 0.910. The third-order valence-electron chi connectivity index (χ3n) is 4.60. The van der Waals surface area contributed by atoms with Crippen LogP contribution in [0.5, 0.6) is 0 Å². The van der Waals surface area contributed by atoms with Crippen LogP contribution in [0.4, 0.5) is 0 Å². The average Bonchev–Trinajstić information content (AvgIpc) is 2.60. The molecule has 0 bridgehead atoms. The van der Waals surface area contributed by atoms with Crippen molar-refractivity contribution in [3.63, 3.8) is 0 Å². The van der Waals surface area contributed by atoms with Gasteiger partial charge in [-0.05, 0) is 51.3 Å². The number of nitrogens with zero attached hydrogens (tertiary/aromatic N) is 3. The smallest absolute Gasteiger partial charge is 0.270 e. The molecule has 1 aromatic heterocycles.